The molecule has 0 aliphatic carbocycles. The van der Waals surface area contributed by atoms with E-state index in [4.69, 9.17) is 28.9 Å². The lowest BCUT2D eigenvalue weighted by molar-refractivity contribution is -0.128. The SMILES string of the molecule is C=CC(=O)N1CC2CCN(C)c3c(F)c(-c4c(N)c(Cl)cc(Cl)c4F)cc4c3c(nc(=O)n4-c3c(C)ccnc3C(C)C)N2CC1C. The molecule has 13 heteroatoms. The van der Waals surface area contributed by atoms with Gasteiger partial charge in [-0.1, -0.05) is 43.6 Å². The third-order valence-electron chi connectivity index (χ3n) is 9.23. The average Bonchev–Trinajstić information content (AvgIpc) is 3.02. The van der Waals surface area contributed by atoms with Crippen LogP contribution in [0.5, 0.6) is 0 Å². The topological polar surface area (TPSA) is 101 Å². The lowest BCUT2D eigenvalue weighted by Crippen LogP contribution is -2.60. The molecule has 1 fully saturated rings. The highest BCUT2D eigenvalue weighted by molar-refractivity contribution is 6.37. The van der Waals surface area contributed by atoms with Gasteiger partial charge in [-0.25, -0.2) is 13.6 Å². The van der Waals surface area contributed by atoms with E-state index in [1.165, 1.54) is 22.8 Å². The maximum absolute atomic E-state index is 17.2. The Morgan fingerprint density at radius 3 is 2.55 bits per heavy atom. The first kappa shape index (κ1) is 32.7. The number of aromatic nitrogens is 3. The number of halogens is 4. The predicted octanol–water partition coefficient (Wildman–Crippen LogP) is 6.48. The molecule has 47 heavy (non-hydrogen) atoms. The number of nitrogens with two attached hydrogens (primary N) is 1. The van der Waals surface area contributed by atoms with Gasteiger partial charge < -0.3 is 20.4 Å². The summed E-state index contributed by atoms with van der Waals surface area (Å²) in [5, 5.41) is -0.000925. The number of anilines is 3. The fourth-order valence-electron chi connectivity index (χ4n) is 6.87. The number of amides is 1. The molecule has 2 aromatic carbocycles. The van der Waals surface area contributed by atoms with Gasteiger partial charge >= 0.3 is 5.69 Å². The van der Waals surface area contributed by atoms with Crippen molar-refractivity contribution in [1.82, 2.24) is 19.4 Å². The number of carbonyl (C=O) groups is 1. The molecule has 4 aromatic rings. The molecule has 2 unspecified atom stereocenters. The molecule has 0 spiro atoms. The summed E-state index contributed by atoms with van der Waals surface area (Å²) in [5.74, 6) is -1.71. The van der Waals surface area contributed by atoms with Crippen molar-refractivity contribution in [1.29, 1.82) is 0 Å². The van der Waals surface area contributed by atoms with Gasteiger partial charge in [-0.3, -0.25) is 14.3 Å². The van der Waals surface area contributed by atoms with Crippen LogP contribution in [-0.2, 0) is 4.79 Å². The van der Waals surface area contributed by atoms with Crippen LogP contribution in [0.3, 0.4) is 0 Å². The van der Waals surface area contributed by atoms with E-state index in [1.54, 1.807) is 29.1 Å². The largest absolute Gasteiger partial charge is 0.397 e. The molecular weight excluding hydrogens is 647 g/mol. The number of hydrogen-bond donors (Lipinski definition) is 1. The number of piperazine rings is 1. The van der Waals surface area contributed by atoms with E-state index in [1.807, 2.05) is 32.6 Å². The number of rotatable bonds is 4. The summed E-state index contributed by atoms with van der Waals surface area (Å²) in [6.07, 6.45) is 3.48. The summed E-state index contributed by atoms with van der Waals surface area (Å²) in [6, 6.07) is 3.90. The molecule has 4 heterocycles. The first-order valence-corrected chi connectivity index (χ1v) is 16.1. The Balaban J connectivity index is 1.78. The van der Waals surface area contributed by atoms with Gasteiger partial charge in [0, 0.05) is 56.1 Å². The van der Waals surface area contributed by atoms with Crippen molar-refractivity contribution in [3.63, 3.8) is 0 Å². The normalized spacial score (nSPS) is 18.0. The minimum Gasteiger partial charge on any atom is -0.397 e. The van der Waals surface area contributed by atoms with Gasteiger partial charge in [0.15, 0.2) is 11.6 Å². The second kappa shape index (κ2) is 12.1. The lowest BCUT2D eigenvalue weighted by Gasteiger charge is -2.47. The van der Waals surface area contributed by atoms with Gasteiger partial charge in [0.25, 0.3) is 0 Å². The molecule has 2 N–H and O–H groups in total. The second-order valence-electron chi connectivity index (χ2n) is 12.6. The molecule has 1 amide bonds. The number of benzene rings is 2. The summed E-state index contributed by atoms with van der Waals surface area (Å²) >= 11 is 12.5. The summed E-state index contributed by atoms with van der Waals surface area (Å²) < 4.78 is 34.4. The van der Waals surface area contributed by atoms with Crippen LogP contribution in [-0.4, -0.2) is 64.1 Å². The summed E-state index contributed by atoms with van der Waals surface area (Å²) in [4.78, 5) is 41.9. The van der Waals surface area contributed by atoms with Gasteiger partial charge in [0.2, 0.25) is 5.91 Å². The molecular formula is C34H35Cl2F2N7O2. The van der Waals surface area contributed by atoms with Crippen molar-refractivity contribution in [2.24, 2.45) is 0 Å². The fraction of sp³-hybridized carbons (Fsp3) is 0.353. The molecule has 0 saturated carbocycles. The van der Waals surface area contributed by atoms with Crippen LogP contribution < -0.4 is 21.2 Å². The first-order valence-electron chi connectivity index (χ1n) is 15.4. The van der Waals surface area contributed by atoms with Gasteiger partial charge in [-0.05, 0) is 56.0 Å². The Morgan fingerprint density at radius 2 is 1.87 bits per heavy atom. The summed E-state index contributed by atoms with van der Waals surface area (Å²) in [6.45, 7) is 12.4. The quantitative estimate of drug-likeness (QED) is 0.150. The molecule has 2 aliphatic heterocycles. The van der Waals surface area contributed by atoms with E-state index in [9.17, 15) is 9.59 Å². The van der Waals surface area contributed by atoms with Gasteiger partial charge in [-0.15, -0.1) is 0 Å². The van der Waals surface area contributed by atoms with Crippen LogP contribution >= 0.6 is 23.2 Å². The molecule has 1 saturated heterocycles. The minimum absolute atomic E-state index is 0.0382. The van der Waals surface area contributed by atoms with Crippen molar-refractivity contribution in [3.8, 4) is 16.8 Å². The Bertz CT molecular complexity index is 2010. The Morgan fingerprint density at radius 1 is 1.15 bits per heavy atom. The van der Waals surface area contributed by atoms with E-state index in [0.717, 1.165) is 5.56 Å². The molecule has 2 aromatic heterocycles. The zero-order valence-corrected chi connectivity index (χ0v) is 28.3. The standard InChI is InChI=1S/C34H35Cl2F2N7O2/c1-7-24(46)43-15-19-9-11-42(6)32-26-23(12-20(27(32)37)25-28(38)21(35)13-22(36)29(25)39)45(31-17(4)8-10-40-30(31)16(2)3)34(47)41-33(26)44(19)14-18(43)5/h7-8,10,12-13,16,18-19H,1,9,11,14-15,39H2,2-6H3. The maximum Gasteiger partial charge on any atom is 0.354 e. The number of nitrogens with zero attached hydrogens (tertiary/aromatic N) is 6. The Kier molecular flexibility index (Phi) is 8.42. The average molecular weight is 683 g/mol. The van der Waals surface area contributed by atoms with Crippen LogP contribution in [0.25, 0.3) is 27.7 Å². The molecule has 9 nitrogen and oxygen atoms in total. The molecule has 0 radical (unpaired) electrons. The highest BCUT2D eigenvalue weighted by Crippen LogP contribution is 2.47. The number of hydrogen-bond acceptors (Lipinski definition) is 7. The van der Waals surface area contributed by atoms with Crippen molar-refractivity contribution >= 4 is 57.2 Å². The number of fused-ring (bicyclic) bond motifs is 2. The molecule has 0 bridgehead atoms. The van der Waals surface area contributed by atoms with Crippen molar-refractivity contribution in [3.05, 3.63) is 80.5 Å². The highest BCUT2D eigenvalue weighted by atomic mass is 35.5. The number of carbonyl (C=O) groups excluding carboxylic acids is 1. The van der Waals surface area contributed by atoms with Crippen LogP contribution in [0.1, 0.15) is 44.4 Å². The Hall–Kier alpha value is -4.22. The van der Waals surface area contributed by atoms with E-state index >= 15 is 8.78 Å². The second-order valence-corrected chi connectivity index (χ2v) is 13.4. The lowest BCUT2D eigenvalue weighted by atomic mass is 9.95. The van der Waals surface area contributed by atoms with E-state index < -0.39 is 17.3 Å². The Labute approximate surface area is 281 Å². The van der Waals surface area contributed by atoms with E-state index in [0.29, 0.717) is 42.8 Å². The van der Waals surface area contributed by atoms with Crippen LogP contribution in [0.4, 0.5) is 26.0 Å². The first-order chi connectivity index (χ1) is 22.3. The summed E-state index contributed by atoms with van der Waals surface area (Å²) in [7, 11) is 1.73. The van der Waals surface area contributed by atoms with Crippen molar-refractivity contribution in [2.45, 2.75) is 52.1 Å². The van der Waals surface area contributed by atoms with Gasteiger partial charge in [0.05, 0.1) is 43.7 Å². The third kappa shape index (κ3) is 5.20. The van der Waals surface area contributed by atoms with Crippen molar-refractivity contribution in [2.75, 3.05) is 42.2 Å². The molecule has 2 aliphatic rings. The minimum atomic E-state index is -0.937. The fourth-order valence-corrected chi connectivity index (χ4v) is 7.34. The van der Waals surface area contributed by atoms with E-state index in [-0.39, 0.29) is 67.8 Å². The van der Waals surface area contributed by atoms with Gasteiger partial charge in [0.1, 0.15) is 5.82 Å². The number of aryl methyl sites for hydroxylation is 1. The monoisotopic (exact) mass is 681 g/mol. The highest BCUT2D eigenvalue weighted by Gasteiger charge is 2.39. The van der Waals surface area contributed by atoms with Crippen LogP contribution in [0.15, 0.2) is 41.8 Å². The van der Waals surface area contributed by atoms with Crippen LogP contribution in [0, 0.1) is 18.6 Å². The zero-order valence-electron chi connectivity index (χ0n) is 26.7. The van der Waals surface area contributed by atoms with Crippen molar-refractivity contribution < 1.29 is 13.6 Å². The smallest absolute Gasteiger partial charge is 0.354 e. The predicted molar refractivity (Wildman–Crippen MR) is 184 cm³/mol. The zero-order chi connectivity index (χ0) is 34.1. The molecule has 2 atom stereocenters. The van der Waals surface area contributed by atoms with Crippen LogP contribution in [0.2, 0.25) is 10.0 Å². The number of nitrogen functional groups attached to an aromatic ring is 1. The van der Waals surface area contributed by atoms with Gasteiger partial charge in [-0.2, -0.15) is 4.98 Å². The number of pyridine rings is 1. The third-order valence-corrected chi connectivity index (χ3v) is 9.82. The summed E-state index contributed by atoms with van der Waals surface area (Å²) in [5.41, 5.74) is 7.26. The molecule has 246 valence electrons. The maximum atomic E-state index is 17.2. The van der Waals surface area contributed by atoms with E-state index in [2.05, 4.69) is 16.5 Å². The molecule has 6 rings (SSSR count).